The van der Waals surface area contributed by atoms with Gasteiger partial charge in [-0.15, -0.1) is 0 Å². The number of non-ortho nitro benzene ring substituents is 1. The molecule has 0 aliphatic heterocycles. The smallest absolute Gasteiger partial charge is 0.272 e. The molecule has 0 heterocycles. The molecule has 0 aliphatic carbocycles. The zero-order valence-corrected chi connectivity index (χ0v) is 12.7. The lowest BCUT2D eigenvalue weighted by atomic mass is 10.1. The number of amides is 1. The van der Waals surface area contributed by atoms with Crippen LogP contribution in [0.1, 0.15) is 15.9 Å². The minimum absolute atomic E-state index is 0.222. The van der Waals surface area contributed by atoms with Crippen molar-refractivity contribution in [3.63, 3.8) is 0 Å². The third-order valence-corrected chi connectivity index (χ3v) is 3.31. The zero-order chi connectivity index (χ0) is 17.0. The van der Waals surface area contributed by atoms with Crippen LogP contribution in [-0.4, -0.2) is 24.9 Å². The molecular weight excluding hydrogens is 301 g/mol. The quantitative estimate of drug-likeness (QED) is 0.679. The van der Waals surface area contributed by atoms with Crippen LogP contribution in [0.4, 0.5) is 15.8 Å². The zero-order valence-electron chi connectivity index (χ0n) is 12.7. The third-order valence-electron chi connectivity index (χ3n) is 3.31. The number of carbonyl (C=O) groups excluding carboxylic acids is 1. The summed E-state index contributed by atoms with van der Waals surface area (Å²) in [7, 11) is 3.85. The highest BCUT2D eigenvalue weighted by molar-refractivity contribution is 5.94. The van der Waals surface area contributed by atoms with E-state index in [1.54, 1.807) is 0 Å². The number of hydrogen-bond acceptors (Lipinski definition) is 4. The summed E-state index contributed by atoms with van der Waals surface area (Å²) in [5, 5.41) is 13.1. The number of benzene rings is 2. The monoisotopic (exact) mass is 317 g/mol. The number of carbonyl (C=O) groups is 1. The van der Waals surface area contributed by atoms with Crippen molar-refractivity contribution in [2.45, 2.75) is 6.54 Å². The van der Waals surface area contributed by atoms with Crippen molar-refractivity contribution in [2.24, 2.45) is 0 Å². The minimum Gasteiger partial charge on any atom is -0.378 e. The average molecular weight is 317 g/mol. The summed E-state index contributed by atoms with van der Waals surface area (Å²) in [6, 6.07) is 10.5. The van der Waals surface area contributed by atoms with Gasteiger partial charge in [-0.05, 0) is 23.8 Å². The van der Waals surface area contributed by atoms with Crippen molar-refractivity contribution in [1.29, 1.82) is 0 Å². The van der Waals surface area contributed by atoms with Gasteiger partial charge in [0, 0.05) is 32.4 Å². The Morgan fingerprint density at radius 3 is 2.39 bits per heavy atom. The molecular formula is C16H16FN3O3. The predicted molar refractivity (Wildman–Crippen MR) is 85.0 cm³/mol. The van der Waals surface area contributed by atoms with Crippen LogP contribution in [0.5, 0.6) is 0 Å². The molecule has 0 fully saturated rings. The molecule has 0 saturated carbocycles. The van der Waals surface area contributed by atoms with Crippen LogP contribution >= 0.6 is 0 Å². The van der Waals surface area contributed by atoms with Crippen molar-refractivity contribution < 1.29 is 14.1 Å². The topological polar surface area (TPSA) is 75.5 Å². The molecule has 6 nitrogen and oxygen atoms in total. The van der Waals surface area contributed by atoms with Gasteiger partial charge in [0.2, 0.25) is 0 Å². The normalized spacial score (nSPS) is 10.2. The van der Waals surface area contributed by atoms with Crippen molar-refractivity contribution in [3.8, 4) is 0 Å². The third kappa shape index (κ3) is 4.03. The minimum atomic E-state index is -0.917. The summed E-state index contributed by atoms with van der Waals surface area (Å²) in [6.07, 6.45) is 0. The van der Waals surface area contributed by atoms with E-state index in [4.69, 9.17) is 0 Å². The van der Waals surface area contributed by atoms with E-state index in [-0.39, 0.29) is 12.1 Å². The second-order valence-corrected chi connectivity index (χ2v) is 5.16. The van der Waals surface area contributed by atoms with E-state index in [1.165, 1.54) is 0 Å². The van der Waals surface area contributed by atoms with Crippen LogP contribution in [0.2, 0.25) is 0 Å². The molecule has 1 amide bonds. The molecule has 0 saturated heterocycles. The van der Waals surface area contributed by atoms with E-state index in [2.05, 4.69) is 5.32 Å². The first-order chi connectivity index (χ1) is 10.9. The van der Waals surface area contributed by atoms with Gasteiger partial charge in [-0.3, -0.25) is 14.9 Å². The molecule has 0 unspecified atom stereocenters. The highest BCUT2D eigenvalue weighted by Crippen LogP contribution is 2.17. The molecule has 2 aromatic rings. The van der Waals surface area contributed by atoms with E-state index in [0.29, 0.717) is 0 Å². The molecule has 0 bridgehead atoms. The maximum atomic E-state index is 13.8. The lowest BCUT2D eigenvalue weighted by Crippen LogP contribution is -2.23. The lowest BCUT2D eigenvalue weighted by Gasteiger charge is -2.13. The van der Waals surface area contributed by atoms with Crippen molar-refractivity contribution >= 4 is 17.3 Å². The number of nitro benzene ring substituents is 1. The molecule has 7 heteroatoms. The van der Waals surface area contributed by atoms with Crippen LogP contribution in [-0.2, 0) is 6.54 Å². The van der Waals surface area contributed by atoms with E-state index in [9.17, 15) is 19.3 Å². The van der Waals surface area contributed by atoms with E-state index < -0.39 is 22.3 Å². The molecule has 0 spiro atoms. The number of nitrogens with zero attached hydrogens (tertiary/aromatic N) is 2. The Kier molecular flexibility index (Phi) is 4.90. The number of halogens is 1. The maximum Gasteiger partial charge on any atom is 0.272 e. The van der Waals surface area contributed by atoms with Crippen molar-refractivity contribution in [2.75, 3.05) is 19.0 Å². The van der Waals surface area contributed by atoms with Gasteiger partial charge in [0.1, 0.15) is 5.82 Å². The fourth-order valence-corrected chi connectivity index (χ4v) is 1.99. The summed E-state index contributed by atoms with van der Waals surface area (Å²) < 4.78 is 13.8. The van der Waals surface area contributed by atoms with Crippen molar-refractivity contribution in [1.82, 2.24) is 5.32 Å². The van der Waals surface area contributed by atoms with Gasteiger partial charge in [-0.2, -0.15) is 0 Å². The van der Waals surface area contributed by atoms with Gasteiger partial charge >= 0.3 is 0 Å². The van der Waals surface area contributed by atoms with Gasteiger partial charge < -0.3 is 10.2 Å². The van der Waals surface area contributed by atoms with Crippen LogP contribution in [0.25, 0.3) is 0 Å². The predicted octanol–water partition coefficient (Wildman–Crippen LogP) is 2.73. The van der Waals surface area contributed by atoms with E-state index in [0.717, 1.165) is 29.4 Å². The van der Waals surface area contributed by atoms with Gasteiger partial charge in [-0.25, -0.2) is 4.39 Å². The Labute approximate surface area is 132 Å². The Morgan fingerprint density at radius 2 is 1.87 bits per heavy atom. The number of rotatable bonds is 5. The fraction of sp³-hybridized carbons (Fsp3) is 0.188. The van der Waals surface area contributed by atoms with Crippen LogP contribution in [0, 0.1) is 15.9 Å². The summed E-state index contributed by atoms with van der Waals surface area (Å²) in [6.45, 7) is 0.239. The molecule has 23 heavy (non-hydrogen) atoms. The van der Waals surface area contributed by atoms with Gasteiger partial charge in [0.15, 0.2) is 0 Å². The molecule has 1 N–H and O–H groups in total. The lowest BCUT2D eigenvalue weighted by molar-refractivity contribution is -0.385. The second kappa shape index (κ2) is 6.87. The summed E-state index contributed by atoms with van der Waals surface area (Å²) in [5.74, 6) is -1.53. The molecule has 120 valence electrons. The van der Waals surface area contributed by atoms with E-state index >= 15 is 0 Å². The highest BCUT2D eigenvalue weighted by atomic mass is 19.1. The first-order valence-corrected chi connectivity index (χ1v) is 6.87. The number of hydrogen-bond donors (Lipinski definition) is 1. The Morgan fingerprint density at radius 1 is 1.22 bits per heavy atom. The highest BCUT2D eigenvalue weighted by Gasteiger charge is 2.15. The summed E-state index contributed by atoms with van der Waals surface area (Å²) in [5.41, 5.74) is 1.28. The van der Waals surface area contributed by atoms with E-state index in [1.807, 2.05) is 43.3 Å². The first-order valence-electron chi connectivity index (χ1n) is 6.87. The van der Waals surface area contributed by atoms with Crippen LogP contribution < -0.4 is 10.2 Å². The van der Waals surface area contributed by atoms with Crippen LogP contribution in [0.3, 0.4) is 0 Å². The van der Waals surface area contributed by atoms with Gasteiger partial charge in [-0.1, -0.05) is 12.1 Å². The Hall–Kier alpha value is -2.96. The number of nitro groups is 1. The molecule has 2 rings (SSSR count). The van der Waals surface area contributed by atoms with Crippen molar-refractivity contribution in [3.05, 3.63) is 69.5 Å². The average Bonchev–Trinajstić information content (AvgIpc) is 2.52. The molecule has 0 atom stereocenters. The molecule has 2 aromatic carbocycles. The van der Waals surface area contributed by atoms with Gasteiger partial charge in [0.05, 0.1) is 16.6 Å². The molecule has 0 radical (unpaired) electrons. The standard InChI is InChI=1S/C16H16FN3O3/c1-19(2)12-5-3-11(4-6-12)10-18-16(21)14-8-7-13(20(22)23)9-15(14)17/h3-9H,10H2,1-2H3,(H,18,21). The van der Waals surface area contributed by atoms with Crippen LogP contribution in [0.15, 0.2) is 42.5 Å². The molecule has 0 aromatic heterocycles. The number of nitrogens with one attached hydrogen (secondary N) is 1. The Balaban J connectivity index is 2.03. The number of anilines is 1. The second-order valence-electron chi connectivity index (χ2n) is 5.16. The van der Waals surface area contributed by atoms with Gasteiger partial charge in [0.25, 0.3) is 11.6 Å². The molecule has 0 aliphatic rings. The SMILES string of the molecule is CN(C)c1ccc(CNC(=O)c2ccc([N+](=O)[O-])cc2F)cc1. The summed E-state index contributed by atoms with van der Waals surface area (Å²) >= 11 is 0. The maximum absolute atomic E-state index is 13.8. The first kappa shape index (κ1) is 16.4. The Bertz CT molecular complexity index is 730. The largest absolute Gasteiger partial charge is 0.378 e. The fourth-order valence-electron chi connectivity index (χ4n) is 1.99. The summed E-state index contributed by atoms with van der Waals surface area (Å²) in [4.78, 5) is 23.8.